The molecule has 0 saturated carbocycles. The van der Waals surface area contributed by atoms with Crippen molar-refractivity contribution < 1.29 is 92.0 Å². The van der Waals surface area contributed by atoms with E-state index in [1.54, 1.807) is 0 Å². The maximum atomic E-state index is 11.6. The molecule has 0 saturated heterocycles. The van der Waals surface area contributed by atoms with Crippen molar-refractivity contribution in [3.8, 4) is 0 Å². The standard InChI is InChI=1S/C4H5F3O2.Cs/c1-2(5)4(6,7)3(8)9;/h2H,1H3,(H,8,9);/q;+1/p-1. The SMILES string of the molecule is CC(F)C(F)(F)C(=O)[O-].[Cs+]. The van der Waals surface area contributed by atoms with Crippen molar-refractivity contribution in [2.75, 3.05) is 0 Å². The van der Waals surface area contributed by atoms with Gasteiger partial charge in [0, 0.05) is 0 Å². The number of aliphatic carboxylic acids is 1. The van der Waals surface area contributed by atoms with Crippen molar-refractivity contribution >= 4 is 5.97 Å². The Balaban J connectivity index is 0. The molecule has 54 valence electrons. The summed E-state index contributed by atoms with van der Waals surface area (Å²) in [5, 5.41) is 9.36. The van der Waals surface area contributed by atoms with Crippen LogP contribution in [0.2, 0.25) is 0 Å². The van der Waals surface area contributed by atoms with E-state index in [9.17, 15) is 23.1 Å². The summed E-state index contributed by atoms with van der Waals surface area (Å²) in [6.07, 6.45) is -2.71. The third kappa shape index (κ3) is 3.63. The molecule has 0 spiro atoms. The fraction of sp³-hybridized carbons (Fsp3) is 0.750. The zero-order chi connectivity index (χ0) is 7.65. The molecule has 0 aliphatic carbocycles. The normalized spacial score (nSPS) is 13.6. The number of carbonyl (C=O) groups is 1. The Morgan fingerprint density at radius 3 is 1.90 bits per heavy atom. The summed E-state index contributed by atoms with van der Waals surface area (Å²) in [5.74, 6) is -7.04. The van der Waals surface area contributed by atoms with Crippen molar-refractivity contribution in [1.29, 1.82) is 0 Å². The van der Waals surface area contributed by atoms with E-state index in [0.717, 1.165) is 0 Å². The number of hydrogen-bond donors (Lipinski definition) is 0. The number of hydrogen-bond acceptors (Lipinski definition) is 2. The van der Waals surface area contributed by atoms with Crippen LogP contribution in [-0.4, -0.2) is 18.1 Å². The van der Waals surface area contributed by atoms with Gasteiger partial charge in [-0.2, -0.15) is 8.78 Å². The molecule has 0 fully saturated rings. The van der Waals surface area contributed by atoms with Gasteiger partial charge in [-0.05, 0) is 6.92 Å². The Hall–Kier alpha value is 1.31. The van der Waals surface area contributed by atoms with Gasteiger partial charge < -0.3 is 9.90 Å². The van der Waals surface area contributed by atoms with Crippen LogP contribution in [0, 0.1) is 0 Å². The van der Waals surface area contributed by atoms with Crippen molar-refractivity contribution in [3.05, 3.63) is 0 Å². The van der Waals surface area contributed by atoms with E-state index in [4.69, 9.17) is 0 Å². The van der Waals surface area contributed by atoms with Crippen LogP contribution in [0.15, 0.2) is 0 Å². The molecule has 0 amide bonds. The van der Waals surface area contributed by atoms with Crippen LogP contribution >= 0.6 is 0 Å². The van der Waals surface area contributed by atoms with E-state index in [-0.39, 0.29) is 68.9 Å². The molecule has 0 rings (SSSR count). The second-order valence-electron chi connectivity index (χ2n) is 1.53. The molecule has 0 aromatic carbocycles. The summed E-state index contributed by atoms with van der Waals surface area (Å²) in [6, 6.07) is 0. The van der Waals surface area contributed by atoms with E-state index in [2.05, 4.69) is 0 Å². The minimum atomic E-state index is -4.36. The Labute approximate surface area is 115 Å². The molecule has 0 N–H and O–H groups in total. The minimum Gasteiger partial charge on any atom is -0.544 e. The Morgan fingerprint density at radius 2 is 1.90 bits per heavy atom. The molecule has 0 heterocycles. The molecule has 0 aromatic heterocycles. The van der Waals surface area contributed by atoms with E-state index in [1.807, 2.05) is 0 Å². The van der Waals surface area contributed by atoms with Crippen molar-refractivity contribution in [2.45, 2.75) is 19.0 Å². The van der Waals surface area contributed by atoms with Gasteiger partial charge in [0.15, 0.2) is 6.17 Å². The number of carboxylic acid groups (broad SMARTS) is 1. The van der Waals surface area contributed by atoms with Gasteiger partial charge >= 0.3 is 74.8 Å². The predicted octanol–water partition coefficient (Wildman–Crippen LogP) is -3.27. The van der Waals surface area contributed by atoms with Crippen LogP contribution in [0.1, 0.15) is 6.92 Å². The van der Waals surface area contributed by atoms with Gasteiger partial charge in [0.25, 0.3) is 0 Å². The topological polar surface area (TPSA) is 40.1 Å². The molecular weight excluding hydrogens is 270 g/mol. The minimum absolute atomic E-state index is 0. The van der Waals surface area contributed by atoms with E-state index in [1.165, 1.54) is 0 Å². The van der Waals surface area contributed by atoms with Crippen LogP contribution < -0.4 is 74.0 Å². The second-order valence-corrected chi connectivity index (χ2v) is 1.53. The molecule has 0 aliphatic heterocycles. The van der Waals surface area contributed by atoms with Gasteiger partial charge in [-0.3, -0.25) is 0 Å². The van der Waals surface area contributed by atoms with E-state index in [0.29, 0.717) is 6.92 Å². The third-order valence-electron chi connectivity index (χ3n) is 0.772. The molecule has 1 unspecified atom stereocenters. The molecular formula is C4H4CsF3O2. The molecule has 6 heteroatoms. The zero-order valence-corrected chi connectivity index (χ0v) is 11.8. The molecule has 0 aromatic rings. The van der Waals surface area contributed by atoms with Crippen LogP contribution in [-0.2, 0) is 4.79 Å². The van der Waals surface area contributed by atoms with Gasteiger partial charge in [0.05, 0.1) is 0 Å². The van der Waals surface area contributed by atoms with Crippen molar-refractivity contribution in [3.63, 3.8) is 0 Å². The number of carbonyl (C=O) groups excluding carboxylic acids is 1. The summed E-state index contributed by atoms with van der Waals surface area (Å²) in [4.78, 5) is 9.36. The third-order valence-corrected chi connectivity index (χ3v) is 0.772. The van der Waals surface area contributed by atoms with Gasteiger partial charge in [0.2, 0.25) is 0 Å². The van der Waals surface area contributed by atoms with Gasteiger partial charge in [-0.1, -0.05) is 0 Å². The molecule has 0 radical (unpaired) electrons. The smallest absolute Gasteiger partial charge is 0.544 e. The molecule has 1 atom stereocenters. The Kier molecular flexibility index (Phi) is 7.00. The van der Waals surface area contributed by atoms with E-state index >= 15 is 0 Å². The summed E-state index contributed by atoms with van der Waals surface area (Å²) in [5.41, 5.74) is 0. The number of alkyl halides is 3. The number of rotatable bonds is 2. The summed E-state index contributed by atoms with van der Waals surface area (Å²) in [7, 11) is 0. The first-order valence-corrected chi connectivity index (χ1v) is 2.12. The molecule has 0 aliphatic rings. The van der Waals surface area contributed by atoms with Crippen LogP contribution in [0.25, 0.3) is 0 Å². The van der Waals surface area contributed by atoms with Gasteiger partial charge in [-0.25, -0.2) is 4.39 Å². The predicted molar refractivity (Wildman–Crippen MR) is 20.5 cm³/mol. The first-order chi connectivity index (χ1) is 3.89. The molecule has 2 nitrogen and oxygen atoms in total. The van der Waals surface area contributed by atoms with Gasteiger partial charge in [-0.15, -0.1) is 0 Å². The van der Waals surface area contributed by atoms with E-state index < -0.39 is 18.1 Å². The molecule has 10 heavy (non-hydrogen) atoms. The van der Waals surface area contributed by atoms with Crippen molar-refractivity contribution in [1.82, 2.24) is 0 Å². The fourth-order valence-electron chi connectivity index (χ4n) is 0.162. The number of carboxylic acids is 1. The maximum absolute atomic E-state index is 11.6. The molecule has 0 bridgehead atoms. The fourth-order valence-corrected chi connectivity index (χ4v) is 0.162. The first-order valence-electron chi connectivity index (χ1n) is 2.12. The maximum Gasteiger partial charge on any atom is 1.00 e. The Morgan fingerprint density at radius 1 is 1.60 bits per heavy atom. The quantitative estimate of drug-likeness (QED) is 0.530. The van der Waals surface area contributed by atoms with Gasteiger partial charge in [0.1, 0.15) is 5.97 Å². The number of halogens is 3. The monoisotopic (exact) mass is 274 g/mol. The van der Waals surface area contributed by atoms with Crippen LogP contribution in [0.4, 0.5) is 13.2 Å². The summed E-state index contributed by atoms with van der Waals surface area (Å²) >= 11 is 0. The first kappa shape index (κ1) is 13.9. The summed E-state index contributed by atoms with van der Waals surface area (Å²) in [6.45, 7) is 0.454. The average Bonchev–Trinajstić information content (AvgIpc) is 1.65. The van der Waals surface area contributed by atoms with Crippen LogP contribution in [0.3, 0.4) is 0 Å². The largest absolute Gasteiger partial charge is 1.00 e. The van der Waals surface area contributed by atoms with Crippen molar-refractivity contribution in [2.24, 2.45) is 0 Å². The zero-order valence-electron chi connectivity index (χ0n) is 5.53. The second kappa shape index (κ2) is 5.05. The average molecular weight is 274 g/mol. The summed E-state index contributed by atoms with van der Waals surface area (Å²) < 4.78 is 34.8. The van der Waals surface area contributed by atoms with Crippen LogP contribution in [0.5, 0.6) is 0 Å². The Bertz CT molecular complexity index is 126.